The van der Waals surface area contributed by atoms with Crippen molar-refractivity contribution in [1.29, 1.82) is 0 Å². The SMILES string of the molecule is CCCNCC1CCC1c1cc(F)ccc1OC. The number of ether oxygens (including phenoxy) is 1. The van der Waals surface area contributed by atoms with Crippen LogP contribution < -0.4 is 10.1 Å². The molecule has 3 heteroatoms. The van der Waals surface area contributed by atoms with Crippen LogP contribution in [0.5, 0.6) is 5.75 Å². The van der Waals surface area contributed by atoms with Crippen molar-refractivity contribution in [2.75, 3.05) is 20.2 Å². The Bertz CT molecular complexity index is 394. The predicted molar refractivity (Wildman–Crippen MR) is 71.6 cm³/mol. The van der Waals surface area contributed by atoms with Crippen LogP contribution in [0, 0.1) is 11.7 Å². The second-order valence-corrected chi connectivity index (χ2v) is 5.03. The Kier molecular flexibility index (Phi) is 4.59. The number of benzene rings is 1. The predicted octanol–water partition coefficient (Wildman–Crippen LogP) is 3.33. The fraction of sp³-hybridized carbons (Fsp3) is 0.600. The quantitative estimate of drug-likeness (QED) is 0.783. The second kappa shape index (κ2) is 6.19. The lowest BCUT2D eigenvalue weighted by molar-refractivity contribution is 0.239. The molecule has 0 saturated heterocycles. The van der Waals surface area contributed by atoms with Crippen LogP contribution in [0.1, 0.15) is 37.7 Å². The summed E-state index contributed by atoms with van der Waals surface area (Å²) in [6.45, 7) is 4.25. The lowest BCUT2D eigenvalue weighted by Crippen LogP contribution is -2.34. The van der Waals surface area contributed by atoms with Gasteiger partial charge < -0.3 is 10.1 Å². The highest BCUT2D eigenvalue weighted by Crippen LogP contribution is 2.45. The van der Waals surface area contributed by atoms with Crippen molar-refractivity contribution in [1.82, 2.24) is 5.32 Å². The van der Waals surface area contributed by atoms with Crippen LogP contribution in [-0.2, 0) is 0 Å². The zero-order valence-electron chi connectivity index (χ0n) is 11.2. The molecule has 18 heavy (non-hydrogen) atoms. The summed E-state index contributed by atoms with van der Waals surface area (Å²) in [4.78, 5) is 0. The van der Waals surface area contributed by atoms with Crippen molar-refractivity contribution in [2.45, 2.75) is 32.1 Å². The molecule has 100 valence electrons. The van der Waals surface area contributed by atoms with Gasteiger partial charge in [0, 0.05) is 5.56 Å². The number of nitrogens with one attached hydrogen (secondary N) is 1. The molecule has 2 rings (SSSR count). The van der Waals surface area contributed by atoms with E-state index in [1.165, 1.54) is 12.5 Å². The maximum Gasteiger partial charge on any atom is 0.123 e. The zero-order valence-corrected chi connectivity index (χ0v) is 11.2. The Morgan fingerprint density at radius 3 is 2.83 bits per heavy atom. The molecule has 1 aromatic rings. The molecule has 1 aliphatic rings. The van der Waals surface area contributed by atoms with Gasteiger partial charge in [0.1, 0.15) is 11.6 Å². The Morgan fingerprint density at radius 2 is 2.22 bits per heavy atom. The largest absolute Gasteiger partial charge is 0.496 e. The first-order valence-electron chi connectivity index (χ1n) is 6.80. The van der Waals surface area contributed by atoms with Gasteiger partial charge in [0.25, 0.3) is 0 Å². The van der Waals surface area contributed by atoms with E-state index in [0.717, 1.165) is 37.2 Å². The fourth-order valence-electron chi connectivity index (χ4n) is 2.68. The summed E-state index contributed by atoms with van der Waals surface area (Å²) in [6, 6.07) is 4.83. The van der Waals surface area contributed by atoms with Crippen LogP contribution >= 0.6 is 0 Å². The molecular weight excluding hydrogens is 229 g/mol. The highest BCUT2D eigenvalue weighted by Gasteiger charge is 2.33. The molecule has 2 unspecified atom stereocenters. The third kappa shape index (κ3) is 2.83. The topological polar surface area (TPSA) is 21.3 Å². The van der Waals surface area contributed by atoms with Crippen molar-refractivity contribution in [3.05, 3.63) is 29.6 Å². The first-order valence-corrected chi connectivity index (χ1v) is 6.80. The van der Waals surface area contributed by atoms with Gasteiger partial charge in [-0.05, 0) is 62.4 Å². The summed E-state index contributed by atoms with van der Waals surface area (Å²) in [5.41, 5.74) is 1.03. The molecule has 0 radical (unpaired) electrons. The Morgan fingerprint density at radius 1 is 1.39 bits per heavy atom. The minimum absolute atomic E-state index is 0.169. The Labute approximate surface area is 109 Å². The standard InChI is InChI=1S/C15H22FNO/c1-3-8-17-10-11-4-6-13(11)14-9-12(16)5-7-15(14)18-2/h5,7,9,11,13,17H,3-4,6,8,10H2,1-2H3. The van der Waals surface area contributed by atoms with Gasteiger partial charge in [-0.15, -0.1) is 0 Å². The number of methoxy groups -OCH3 is 1. The van der Waals surface area contributed by atoms with E-state index >= 15 is 0 Å². The van der Waals surface area contributed by atoms with Gasteiger partial charge in [0.2, 0.25) is 0 Å². The molecule has 0 amide bonds. The highest BCUT2D eigenvalue weighted by molar-refractivity contribution is 5.38. The molecule has 1 N–H and O–H groups in total. The van der Waals surface area contributed by atoms with E-state index in [-0.39, 0.29) is 5.82 Å². The van der Waals surface area contributed by atoms with Gasteiger partial charge in [-0.1, -0.05) is 6.92 Å². The average molecular weight is 251 g/mol. The Hall–Kier alpha value is -1.09. The van der Waals surface area contributed by atoms with Crippen LogP contribution in [-0.4, -0.2) is 20.2 Å². The van der Waals surface area contributed by atoms with E-state index in [1.807, 2.05) is 0 Å². The highest BCUT2D eigenvalue weighted by atomic mass is 19.1. The third-order valence-corrected chi connectivity index (χ3v) is 3.84. The third-order valence-electron chi connectivity index (χ3n) is 3.84. The molecule has 1 aromatic carbocycles. The molecular formula is C15H22FNO. The van der Waals surface area contributed by atoms with Gasteiger partial charge in [-0.25, -0.2) is 4.39 Å². The van der Waals surface area contributed by atoms with Crippen molar-refractivity contribution >= 4 is 0 Å². The number of hydrogen-bond donors (Lipinski definition) is 1. The molecule has 0 bridgehead atoms. The normalized spacial score (nSPS) is 22.6. The molecule has 2 nitrogen and oxygen atoms in total. The first-order chi connectivity index (χ1) is 8.76. The second-order valence-electron chi connectivity index (χ2n) is 5.03. The molecule has 1 saturated carbocycles. The summed E-state index contributed by atoms with van der Waals surface area (Å²) in [7, 11) is 1.65. The van der Waals surface area contributed by atoms with Gasteiger partial charge in [-0.3, -0.25) is 0 Å². The maximum absolute atomic E-state index is 13.4. The number of halogens is 1. The lowest BCUT2D eigenvalue weighted by Gasteiger charge is -2.38. The fourth-order valence-corrected chi connectivity index (χ4v) is 2.68. The maximum atomic E-state index is 13.4. The van der Waals surface area contributed by atoms with E-state index in [2.05, 4.69) is 12.2 Å². The van der Waals surface area contributed by atoms with Gasteiger partial charge in [0.15, 0.2) is 0 Å². The molecule has 0 aliphatic heterocycles. The summed E-state index contributed by atoms with van der Waals surface area (Å²) < 4.78 is 18.7. The molecule has 0 aromatic heterocycles. The van der Waals surface area contributed by atoms with Crippen LogP contribution in [0.4, 0.5) is 4.39 Å². The minimum atomic E-state index is -0.169. The number of hydrogen-bond acceptors (Lipinski definition) is 2. The van der Waals surface area contributed by atoms with Gasteiger partial charge in [0.05, 0.1) is 7.11 Å². The summed E-state index contributed by atoms with van der Waals surface area (Å²) in [6.07, 6.45) is 3.51. The molecule has 0 spiro atoms. The van der Waals surface area contributed by atoms with Crippen molar-refractivity contribution in [3.63, 3.8) is 0 Å². The molecule has 1 aliphatic carbocycles. The van der Waals surface area contributed by atoms with Crippen molar-refractivity contribution in [3.8, 4) is 5.75 Å². The van der Waals surface area contributed by atoms with Crippen molar-refractivity contribution in [2.24, 2.45) is 5.92 Å². The minimum Gasteiger partial charge on any atom is -0.496 e. The number of rotatable bonds is 6. The molecule has 0 heterocycles. The van der Waals surface area contributed by atoms with Crippen LogP contribution in [0.2, 0.25) is 0 Å². The summed E-state index contributed by atoms with van der Waals surface area (Å²) in [5, 5.41) is 3.45. The van der Waals surface area contributed by atoms with E-state index in [0.29, 0.717) is 11.8 Å². The van der Waals surface area contributed by atoms with E-state index in [4.69, 9.17) is 4.74 Å². The lowest BCUT2D eigenvalue weighted by atomic mass is 9.69. The van der Waals surface area contributed by atoms with Crippen LogP contribution in [0.3, 0.4) is 0 Å². The molecule has 2 atom stereocenters. The van der Waals surface area contributed by atoms with Crippen LogP contribution in [0.15, 0.2) is 18.2 Å². The smallest absolute Gasteiger partial charge is 0.123 e. The first kappa shape index (κ1) is 13.3. The van der Waals surface area contributed by atoms with E-state index in [1.54, 1.807) is 19.2 Å². The molecule has 1 fully saturated rings. The van der Waals surface area contributed by atoms with Crippen LogP contribution in [0.25, 0.3) is 0 Å². The monoisotopic (exact) mass is 251 g/mol. The average Bonchev–Trinajstić information content (AvgIpc) is 2.33. The van der Waals surface area contributed by atoms with E-state index in [9.17, 15) is 4.39 Å². The van der Waals surface area contributed by atoms with Gasteiger partial charge >= 0.3 is 0 Å². The zero-order chi connectivity index (χ0) is 13.0. The summed E-state index contributed by atoms with van der Waals surface area (Å²) >= 11 is 0. The Balaban J connectivity index is 2.04. The summed E-state index contributed by atoms with van der Waals surface area (Å²) in [5.74, 6) is 1.71. The van der Waals surface area contributed by atoms with Crippen molar-refractivity contribution < 1.29 is 9.13 Å². The van der Waals surface area contributed by atoms with Gasteiger partial charge in [-0.2, -0.15) is 0 Å². The van der Waals surface area contributed by atoms with E-state index < -0.39 is 0 Å².